The van der Waals surface area contributed by atoms with Gasteiger partial charge in [-0.2, -0.15) is 0 Å². The highest BCUT2D eigenvalue weighted by molar-refractivity contribution is 6.25. The number of nitrogens with one attached hydrogen (secondary N) is 1. The summed E-state index contributed by atoms with van der Waals surface area (Å²) in [6, 6.07) is 12.7. The summed E-state index contributed by atoms with van der Waals surface area (Å²) in [7, 11) is 1.58. The second-order valence-electron chi connectivity index (χ2n) is 8.89. The van der Waals surface area contributed by atoms with E-state index in [1.54, 1.807) is 25.3 Å². The van der Waals surface area contributed by atoms with E-state index in [0.717, 1.165) is 24.0 Å². The van der Waals surface area contributed by atoms with Gasteiger partial charge in [-0.05, 0) is 56.6 Å². The Morgan fingerprint density at radius 2 is 1.84 bits per heavy atom. The molecule has 4 aliphatic heterocycles. The van der Waals surface area contributed by atoms with Crippen LogP contribution in [0.2, 0.25) is 0 Å². The minimum absolute atomic E-state index is 0.125. The summed E-state index contributed by atoms with van der Waals surface area (Å²) in [5.74, 6) is -1.36. The minimum Gasteiger partial charge on any atom is -0.497 e. The molecule has 3 fully saturated rings. The first-order valence-corrected chi connectivity index (χ1v) is 10.7. The van der Waals surface area contributed by atoms with Crippen LogP contribution < -0.4 is 15.0 Å². The highest BCUT2D eigenvalue weighted by Gasteiger charge is 2.74. The molecule has 0 bridgehead atoms. The van der Waals surface area contributed by atoms with Gasteiger partial charge in [-0.3, -0.25) is 19.3 Å². The van der Waals surface area contributed by atoms with E-state index >= 15 is 0 Å². The number of anilines is 2. The molecule has 158 valence electrons. The number of carbonyl (C=O) groups is 3. The van der Waals surface area contributed by atoms with Crippen molar-refractivity contribution in [1.29, 1.82) is 0 Å². The average Bonchev–Trinajstić information content (AvgIpc) is 3.47. The molecular weight excluding hydrogens is 394 g/mol. The topological polar surface area (TPSA) is 79.0 Å². The lowest BCUT2D eigenvalue weighted by Gasteiger charge is -2.36. The first kappa shape index (κ1) is 18.6. The Labute approximate surface area is 180 Å². The van der Waals surface area contributed by atoms with Gasteiger partial charge in [0.2, 0.25) is 17.7 Å². The maximum absolute atomic E-state index is 13.9. The van der Waals surface area contributed by atoms with Crippen molar-refractivity contribution in [2.75, 3.05) is 23.9 Å². The average molecular weight is 417 g/mol. The summed E-state index contributed by atoms with van der Waals surface area (Å²) in [4.78, 5) is 44.5. The maximum Gasteiger partial charge on any atom is 0.250 e. The molecule has 0 aliphatic carbocycles. The number of carbonyl (C=O) groups excluding carboxylic acids is 3. The van der Waals surface area contributed by atoms with Crippen LogP contribution in [-0.2, 0) is 19.9 Å². The van der Waals surface area contributed by atoms with Gasteiger partial charge in [0.05, 0.1) is 24.6 Å². The molecule has 4 atom stereocenters. The number of ether oxygens (including phenoxy) is 1. The lowest BCUT2D eigenvalue weighted by molar-refractivity contribution is -0.135. The van der Waals surface area contributed by atoms with Crippen molar-refractivity contribution in [3.8, 4) is 5.75 Å². The molecule has 0 unspecified atom stereocenters. The number of rotatable bonds is 2. The third kappa shape index (κ3) is 2.14. The van der Waals surface area contributed by atoms with Crippen molar-refractivity contribution in [2.45, 2.75) is 31.3 Å². The van der Waals surface area contributed by atoms with Crippen LogP contribution in [0.3, 0.4) is 0 Å². The van der Waals surface area contributed by atoms with Gasteiger partial charge in [-0.25, -0.2) is 4.90 Å². The Kier molecular flexibility index (Phi) is 3.69. The second-order valence-corrected chi connectivity index (χ2v) is 8.89. The number of hydrogen-bond acceptors (Lipinski definition) is 5. The summed E-state index contributed by atoms with van der Waals surface area (Å²) in [5, 5.41) is 2.99. The van der Waals surface area contributed by atoms with E-state index in [-0.39, 0.29) is 23.8 Å². The van der Waals surface area contributed by atoms with E-state index in [9.17, 15) is 14.4 Å². The number of nitrogens with zero attached hydrogens (tertiary/aromatic N) is 2. The van der Waals surface area contributed by atoms with E-state index in [1.807, 2.05) is 31.2 Å². The van der Waals surface area contributed by atoms with E-state index in [1.165, 1.54) is 4.90 Å². The van der Waals surface area contributed by atoms with Gasteiger partial charge in [0.25, 0.3) is 0 Å². The summed E-state index contributed by atoms with van der Waals surface area (Å²) in [6.07, 6.45) is 1.70. The van der Waals surface area contributed by atoms with E-state index < -0.39 is 17.4 Å². The predicted molar refractivity (Wildman–Crippen MR) is 114 cm³/mol. The lowest BCUT2D eigenvalue weighted by Crippen LogP contribution is -2.54. The van der Waals surface area contributed by atoms with Gasteiger partial charge >= 0.3 is 0 Å². The van der Waals surface area contributed by atoms with Crippen molar-refractivity contribution >= 4 is 29.1 Å². The SMILES string of the molecule is COc1ccc2c(c1)[C@]1(C(=O)N2)[C@H]2C(=O)N(c3ccc(C)cc3)C(=O)[C@H]2[C@H]2CCCN21. The van der Waals surface area contributed by atoms with Crippen molar-refractivity contribution in [2.24, 2.45) is 11.8 Å². The first-order valence-electron chi connectivity index (χ1n) is 10.7. The van der Waals surface area contributed by atoms with Crippen LogP contribution in [0, 0.1) is 18.8 Å². The maximum atomic E-state index is 13.9. The molecule has 4 heterocycles. The molecular formula is C24H23N3O4. The number of amides is 3. The van der Waals surface area contributed by atoms with Crippen molar-refractivity contribution in [3.05, 3.63) is 53.6 Å². The number of imide groups is 1. The molecule has 1 N–H and O–H groups in total. The molecule has 3 amide bonds. The van der Waals surface area contributed by atoms with Crippen molar-refractivity contribution in [3.63, 3.8) is 0 Å². The fraction of sp³-hybridized carbons (Fsp3) is 0.375. The van der Waals surface area contributed by atoms with Gasteiger partial charge in [-0.15, -0.1) is 0 Å². The first-order chi connectivity index (χ1) is 15.0. The van der Waals surface area contributed by atoms with Gasteiger partial charge in [-0.1, -0.05) is 17.7 Å². The summed E-state index contributed by atoms with van der Waals surface area (Å²) in [5.41, 5.74) is 1.87. The molecule has 0 aromatic heterocycles. The smallest absolute Gasteiger partial charge is 0.250 e. The molecule has 7 nitrogen and oxygen atoms in total. The zero-order valence-electron chi connectivity index (χ0n) is 17.4. The zero-order valence-corrected chi connectivity index (χ0v) is 17.4. The van der Waals surface area contributed by atoms with Crippen LogP contribution in [0.4, 0.5) is 11.4 Å². The van der Waals surface area contributed by atoms with Crippen LogP contribution in [-0.4, -0.2) is 42.3 Å². The van der Waals surface area contributed by atoms with Gasteiger partial charge in [0.1, 0.15) is 11.3 Å². The largest absolute Gasteiger partial charge is 0.497 e. The van der Waals surface area contributed by atoms with Gasteiger partial charge in [0, 0.05) is 17.3 Å². The van der Waals surface area contributed by atoms with E-state index in [0.29, 0.717) is 23.7 Å². The second kappa shape index (κ2) is 6.17. The predicted octanol–water partition coefficient (Wildman–Crippen LogP) is 2.43. The number of benzene rings is 2. The molecule has 31 heavy (non-hydrogen) atoms. The monoisotopic (exact) mass is 417 g/mol. The number of hydrogen-bond donors (Lipinski definition) is 1. The Morgan fingerprint density at radius 3 is 2.58 bits per heavy atom. The Bertz CT molecular complexity index is 1140. The molecule has 4 aliphatic rings. The Balaban J connectivity index is 1.55. The zero-order chi connectivity index (χ0) is 21.5. The highest BCUT2D eigenvalue weighted by Crippen LogP contribution is 2.61. The normalized spacial score (nSPS) is 31.2. The van der Waals surface area contributed by atoms with Crippen LogP contribution in [0.15, 0.2) is 42.5 Å². The third-order valence-electron chi connectivity index (χ3n) is 7.49. The molecule has 0 radical (unpaired) electrons. The van der Waals surface area contributed by atoms with Gasteiger partial charge < -0.3 is 10.1 Å². The summed E-state index contributed by atoms with van der Waals surface area (Å²) >= 11 is 0. The quantitative estimate of drug-likeness (QED) is 0.760. The van der Waals surface area contributed by atoms with E-state index in [2.05, 4.69) is 10.2 Å². The van der Waals surface area contributed by atoms with Crippen LogP contribution in [0.1, 0.15) is 24.0 Å². The fourth-order valence-electron chi connectivity index (χ4n) is 6.26. The molecule has 1 spiro atoms. The van der Waals surface area contributed by atoms with Gasteiger partial charge in [0.15, 0.2) is 0 Å². The Morgan fingerprint density at radius 1 is 1.06 bits per heavy atom. The highest BCUT2D eigenvalue weighted by atomic mass is 16.5. The van der Waals surface area contributed by atoms with Crippen LogP contribution in [0.25, 0.3) is 0 Å². The minimum atomic E-state index is -1.18. The molecule has 2 aromatic rings. The third-order valence-corrected chi connectivity index (χ3v) is 7.49. The number of fused-ring (bicyclic) bond motifs is 7. The van der Waals surface area contributed by atoms with Crippen LogP contribution in [0.5, 0.6) is 5.75 Å². The Hall–Kier alpha value is -3.19. The molecule has 6 rings (SSSR count). The summed E-state index contributed by atoms with van der Waals surface area (Å²) < 4.78 is 5.43. The fourth-order valence-corrected chi connectivity index (χ4v) is 6.26. The number of aryl methyl sites for hydroxylation is 1. The molecule has 2 aromatic carbocycles. The standard InChI is InChI=1S/C24H23N3O4/c1-13-5-7-14(8-6-13)27-21(28)19-18-4-3-11-26(18)24(20(19)22(27)29)16-12-15(31-2)9-10-17(16)25-23(24)30/h5-10,12,18-20H,3-4,11H2,1-2H3,(H,25,30)/t18-,19+,20-,24-/m1/s1. The van der Waals surface area contributed by atoms with E-state index in [4.69, 9.17) is 4.74 Å². The van der Waals surface area contributed by atoms with Crippen molar-refractivity contribution < 1.29 is 19.1 Å². The van der Waals surface area contributed by atoms with Crippen molar-refractivity contribution in [1.82, 2.24) is 4.90 Å². The summed E-state index contributed by atoms with van der Waals surface area (Å²) in [6.45, 7) is 2.65. The molecule has 0 saturated carbocycles. The molecule has 7 heteroatoms. The lowest BCUT2D eigenvalue weighted by atomic mass is 9.75. The van der Waals surface area contributed by atoms with Crippen LogP contribution >= 0.6 is 0 Å². The number of methoxy groups -OCH3 is 1. The molecule has 3 saturated heterocycles.